The quantitative estimate of drug-likeness (QED) is 0.667. The van der Waals surface area contributed by atoms with Crippen LogP contribution >= 0.6 is 11.3 Å². The number of carbonyl (C=O) groups is 1. The summed E-state index contributed by atoms with van der Waals surface area (Å²) in [4.78, 5) is 17.2. The van der Waals surface area contributed by atoms with Gasteiger partial charge < -0.3 is 9.84 Å². The molecule has 0 spiro atoms. The van der Waals surface area contributed by atoms with Gasteiger partial charge in [-0.15, -0.1) is 11.3 Å². The van der Waals surface area contributed by atoms with Crippen LogP contribution < -0.4 is 5.32 Å². The lowest BCUT2D eigenvalue weighted by molar-refractivity contribution is -0.121. The molecule has 8 heteroatoms. The van der Waals surface area contributed by atoms with Gasteiger partial charge in [-0.1, -0.05) is 17.3 Å². The number of hydrogen-bond donors (Lipinski definition) is 1. The zero-order valence-corrected chi connectivity index (χ0v) is 14.9. The fraction of sp³-hybridized carbons (Fsp3) is 0.278. The molecule has 1 unspecified atom stereocenters. The van der Waals surface area contributed by atoms with Gasteiger partial charge in [-0.2, -0.15) is 4.98 Å². The fourth-order valence-corrected chi connectivity index (χ4v) is 3.09. The number of hydrogen-bond acceptors (Lipinski definition) is 5. The average molecular weight is 377 g/mol. The van der Waals surface area contributed by atoms with Crippen molar-refractivity contribution in [1.82, 2.24) is 15.5 Å². The smallest absolute Gasteiger partial charge is 0.226 e. The first-order valence-corrected chi connectivity index (χ1v) is 9.01. The first kappa shape index (κ1) is 18.2. The van der Waals surface area contributed by atoms with E-state index in [1.54, 1.807) is 6.92 Å². The highest BCUT2D eigenvalue weighted by molar-refractivity contribution is 7.13. The zero-order chi connectivity index (χ0) is 18.5. The minimum Gasteiger partial charge on any atom is -0.350 e. The second-order valence-corrected chi connectivity index (χ2v) is 6.75. The molecule has 3 rings (SSSR count). The summed E-state index contributed by atoms with van der Waals surface area (Å²) < 4.78 is 31.4. The lowest BCUT2D eigenvalue weighted by atomic mass is 10.1. The van der Waals surface area contributed by atoms with E-state index in [1.807, 2.05) is 17.5 Å². The van der Waals surface area contributed by atoms with Crippen molar-refractivity contribution in [3.05, 3.63) is 58.8 Å². The van der Waals surface area contributed by atoms with Gasteiger partial charge >= 0.3 is 0 Å². The first-order chi connectivity index (χ1) is 12.5. The summed E-state index contributed by atoms with van der Waals surface area (Å²) in [5.41, 5.74) is 0.509. The Hall–Kier alpha value is -2.61. The molecule has 26 heavy (non-hydrogen) atoms. The van der Waals surface area contributed by atoms with E-state index in [-0.39, 0.29) is 12.3 Å². The molecule has 1 amide bonds. The molecule has 5 nitrogen and oxygen atoms in total. The summed E-state index contributed by atoms with van der Waals surface area (Å²) in [5.74, 6) is -0.989. The summed E-state index contributed by atoms with van der Waals surface area (Å²) in [7, 11) is 0. The van der Waals surface area contributed by atoms with Crippen LogP contribution in [0.5, 0.6) is 0 Å². The monoisotopic (exact) mass is 377 g/mol. The van der Waals surface area contributed by atoms with E-state index in [0.29, 0.717) is 30.1 Å². The van der Waals surface area contributed by atoms with E-state index in [9.17, 15) is 13.6 Å². The summed E-state index contributed by atoms with van der Waals surface area (Å²) in [5, 5.41) is 8.62. The van der Waals surface area contributed by atoms with Gasteiger partial charge in [0, 0.05) is 12.8 Å². The highest BCUT2D eigenvalue weighted by Gasteiger charge is 2.13. The van der Waals surface area contributed by atoms with Crippen molar-refractivity contribution < 1.29 is 18.1 Å². The molecule has 0 fully saturated rings. The lowest BCUT2D eigenvalue weighted by Gasteiger charge is -2.14. The van der Waals surface area contributed by atoms with Crippen LogP contribution in [-0.2, 0) is 11.2 Å². The Balaban J connectivity index is 1.46. The van der Waals surface area contributed by atoms with Gasteiger partial charge in [-0.05, 0) is 42.5 Å². The van der Waals surface area contributed by atoms with Crippen LogP contribution in [0.1, 0.15) is 37.3 Å². The number of carbonyl (C=O) groups excluding carboxylic acids is 1. The van der Waals surface area contributed by atoms with Crippen molar-refractivity contribution in [3.63, 3.8) is 0 Å². The van der Waals surface area contributed by atoms with Gasteiger partial charge in [0.2, 0.25) is 17.6 Å². The topological polar surface area (TPSA) is 68.0 Å². The SMILES string of the molecule is CC(NC(=O)CCCc1nc(-c2cccs2)no1)c1ccc(F)c(F)c1. The lowest BCUT2D eigenvalue weighted by Crippen LogP contribution is -2.26. The number of nitrogens with zero attached hydrogens (tertiary/aromatic N) is 2. The van der Waals surface area contributed by atoms with Crippen LogP contribution in [0.15, 0.2) is 40.2 Å². The molecule has 1 N–H and O–H groups in total. The Labute approximate surface area is 153 Å². The van der Waals surface area contributed by atoms with Gasteiger partial charge in [0.05, 0.1) is 10.9 Å². The molecule has 1 atom stereocenters. The maximum absolute atomic E-state index is 13.3. The second-order valence-electron chi connectivity index (χ2n) is 5.81. The average Bonchev–Trinajstić information content (AvgIpc) is 3.28. The molecule has 2 heterocycles. The molecule has 0 aliphatic heterocycles. The van der Waals surface area contributed by atoms with Gasteiger partial charge in [-0.3, -0.25) is 4.79 Å². The number of rotatable bonds is 7. The van der Waals surface area contributed by atoms with Crippen molar-refractivity contribution in [2.24, 2.45) is 0 Å². The number of aryl methyl sites for hydroxylation is 1. The minimum absolute atomic E-state index is 0.180. The predicted molar refractivity (Wildman–Crippen MR) is 93.5 cm³/mol. The second kappa shape index (κ2) is 8.18. The fourth-order valence-electron chi connectivity index (χ4n) is 2.44. The molecular formula is C18H17F2N3O2S. The molecule has 136 valence electrons. The molecule has 0 radical (unpaired) electrons. The van der Waals surface area contributed by atoms with Crippen molar-refractivity contribution in [2.75, 3.05) is 0 Å². The molecule has 2 aromatic heterocycles. The predicted octanol–water partition coefficient (Wildman–Crippen LogP) is 4.28. The van der Waals surface area contributed by atoms with E-state index in [1.165, 1.54) is 17.4 Å². The Morgan fingerprint density at radius 2 is 2.15 bits per heavy atom. The number of benzene rings is 1. The number of amides is 1. The molecule has 3 aromatic rings. The summed E-state index contributed by atoms with van der Waals surface area (Å²) in [6.45, 7) is 1.72. The molecular weight excluding hydrogens is 360 g/mol. The maximum atomic E-state index is 13.3. The zero-order valence-electron chi connectivity index (χ0n) is 14.0. The molecule has 0 aliphatic rings. The number of thiophene rings is 1. The standard InChI is InChI=1S/C18H17F2N3O2S/c1-11(12-7-8-13(19)14(20)10-12)21-16(24)5-2-6-17-22-18(23-25-17)15-4-3-9-26-15/h3-4,7-11H,2,5-6H2,1H3,(H,21,24). The van der Waals surface area contributed by atoms with Crippen LogP contribution in [0.4, 0.5) is 8.78 Å². The third kappa shape index (κ3) is 4.51. The largest absolute Gasteiger partial charge is 0.350 e. The number of halogens is 2. The molecule has 0 bridgehead atoms. The van der Waals surface area contributed by atoms with Crippen LogP contribution in [0.25, 0.3) is 10.7 Å². The third-order valence-corrected chi connectivity index (χ3v) is 4.69. The number of nitrogens with one attached hydrogen (secondary N) is 1. The van der Waals surface area contributed by atoms with Gasteiger partial charge in [0.25, 0.3) is 0 Å². The van der Waals surface area contributed by atoms with Gasteiger partial charge in [-0.25, -0.2) is 8.78 Å². The van der Waals surface area contributed by atoms with E-state index >= 15 is 0 Å². The normalized spacial score (nSPS) is 12.1. The third-order valence-electron chi connectivity index (χ3n) is 3.83. The van der Waals surface area contributed by atoms with Crippen molar-refractivity contribution in [2.45, 2.75) is 32.2 Å². The van der Waals surface area contributed by atoms with Crippen LogP contribution in [0, 0.1) is 11.6 Å². The molecule has 1 aromatic carbocycles. The number of aromatic nitrogens is 2. The Bertz CT molecular complexity index is 880. The van der Waals surface area contributed by atoms with E-state index < -0.39 is 17.7 Å². The van der Waals surface area contributed by atoms with Crippen molar-refractivity contribution in [3.8, 4) is 10.7 Å². The summed E-state index contributed by atoms with van der Waals surface area (Å²) >= 11 is 1.53. The maximum Gasteiger partial charge on any atom is 0.226 e. The Morgan fingerprint density at radius 1 is 1.31 bits per heavy atom. The minimum atomic E-state index is -0.929. The first-order valence-electron chi connectivity index (χ1n) is 8.13. The van der Waals surface area contributed by atoms with Crippen LogP contribution in [0.2, 0.25) is 0 Å². The van der Waals surface area contributed by atoms with Crippen molar-refractivity contribution in [1.29, 1.82) is 0 Å². The Kier molecular flexibility index (Phi) is 5.72. The van der Waals surface area contributed by atoms with Gasteiger partial charge in [0.1, 0.15) is 0 Å². The molecule has 0 saturated heterocycles. The van der Waals surface area contributed by atoms with Gasteiger partial charge in [0.15, 0.2) is 11.6 Å². The highest BCUT2D eigenvalue weighted by atomic mass is 32.1. The molecule has 0 aliphatic carbocycles. The van der Waals surface area contributed by atoms with Crippen LogP contribution in [-0.4, -0.2) is 16.0 Å². The van der Waals surface area contributed by atoms with E-state index in [0.717, 1.165) is 17.0 Å². The van der Waals surface area contributed by atoms with Crippen LogP contribution in [0.3, 0.4) is 0 Å². The highest BCUT2D eigenvalue weighted by Crippen LogP contribution is 2.21. The molecule has 0 saturated carbocycles. The van der Waals surface area contributed by atoms with E-state index in [2.05, 4.69) is 15.5 Å². The van der Waals surface area contributed by atoms with E-state index in [4.69, 9.17) is 4.52 Å². The Morgan fingerprint density at radius 3 is 2.88 bits per heavy atom. The van der Waals surface area contributed by atoms with Crippen molar-refractivity contribution >= 4 is 17.2 Å². The summed E-state index contributed by atoms with van der Waals surface area (Å²) in [6.07, 6.45) is 1.30. The summed E-state index contributed by atoms with van der Waals surface area (Å²) in [6, 6.07) is 7.00.